The van der Waals surface area contributed by atoms with Gasteiger partial charge >= 0.3 is 0 Å². The molecule has 0 saturated heterocycles. The summed E-state index contributed by atoms with van der Waals surface area (Å²) in [6, 6.07) is 10.8. The van der Waals surface area contributed by atoms with Gasteiger partial charge in [-0.3, -0.25) is 0 Å². The fourth-order valence-electron chi connectivity index (χ4n) is 2.01. The molecular formula is C15H19NO3S2. The highest BCUT2D eigenvalue weighted by molar-refractivity contribution is 7.91. The van der Waals surface area contributed by atoms with Crippen molar-refractivity contribution in [3.05, 3.63) is 46.8 Å². The molecule has 1 heterocycles. The van der Waals surface area contributed by atoms with Gasteiger partial charge in [-0.2, -0.15) is 0 Å². The van der Waals surface area contributed by atoms with E-state index in [0.717, 1.165) is 16.2 Å². The van der Waals surface area contributed by atoms with Crippen molar-refractivity contribution in [1.82, 2.24) is 4.72 Å². The molecule has 0 amide bonds. The molecule has 0 saturated carbocycles. The highest BCUT2D eigenvalue weighted by Gasteiger charge is 2.28. The number of hydrogen-bond donors (Lipinski definition) is 1. The van der Waals surface area contributed by atoms with Gasteiger partial charge in [-0.1, -0.05) is 12.1 Å². The lowest BCUT2D eigenvalue weighted by Gasteiger charge is -2.26. The van der Waals surface area contributed by atoms with Crippen LogP contribution in [0.15, 0.2) is 40.6 Å². The first-order valence-electron chi connectivity index (χ1n) is 6.49. The minimum absolute atomic E-state index is 0.335. The zero-order valence-corrected chi connectivity index (χ0v) is 14.1. The maximum absolute atomic E-state index is 12.4. The third-order valence-electron chi connectivity index (χ3n) is 3.18. The Kier molecular flexibility index (Phi) is 4.41. The zero-order chi connectivity index (χ0) is 15.7. The Labute approximate surface area is 129 Å². The second-order valence-corrected chi connectivity index (χ2v) is 8.52. The quantitative estimate of drug-likeness (QED) is 0.918. The van der Waals surface area contributed by atoms with Gasteiger partial charge < -0.3 is 4.74 Å². The second kappa shape index (κ2) is 5.79. The maximum atomic E-state index is 12.4. The van der Waals surface area contributed by atoms with E-state index in [1.165, 1.54) is 11.3 Å². The van der Waals surface area contributed by atoms with Crippen molar-refractivity contribution in [2.75, 3.05) is 7.11 Å². The van der Waals surface area contributed by atoms with Crippen LogP contribution in [0.25, 0.3) is 0 Å². The molecule has 0 bridgehead atoms. The first-order valence-corrected chi connectivity index (χ1v) is 8.79. The standard InChI is InChI=1S/C15H19NO3S2/c1-11-5-10-14(20-11)21(17,18)16-15(2,3)12-6-8-13(19-4)9-7-12/h5-10,16H,1-4H3. The summed E-state index contributed by atoms with van der Waals surface area (Å²) in [5, 5.41) is 0. The summed E-state index contributed by atoms with van der Waals surface area (Å²) in [7, 11) is -1.92. The smallest absolute Gasteiger partial charge is 0.250 e. The topological polar surface area (TPSA) is 55.4 Å². The molecule has 0 atom stereocenters. The van der Waals surface area contributed by atoms with E-state index >= 15 is 0 Å². The van der Waals surface area contributed by atoms with Crippen molar-refractivity contribution in [1.29, 1.82) is 0 Å². The lowest BCUT2D eigenvalue weighted by Crippen LogP contribution is -2.40. The van der Waals surface area contributed by atoms with Gasteiger partial charge in [0.2, 0.25) is 0 Å². The Bertz CT molecular complexity index is 716. The van der Waals surface area contributed by atoms with Crippen molar-refractivity contribution >= 4 is 21.4 Å². The van der Waals surface area contributed by atoms with Crippen LogP contribution in [0.2, 0.25) is 0 Å². The number of methoxy groups -OCH3 is 1. The molecule has 0 spiro atoms. The van der Waals surface area contributed by atoms with Crippen LogP contribution in [0.3, 0.4) is 0 Å². The van der Waals surface area contributed by atoms with Gasteiger partial charge in [0.25, 0.3) is 10.0 Å². The van der Waals surface area contributed by atoms with Crippen LogP contribution in [-0.2, 0) is 15.6 Å². The van der Waals surface area contributed by atoms with Crippen LogP contribution in [0, 0.1) is 6.92 Å². The van der Waals surface area contributed by atoms with E-state index in [1.54, 1.807) is 19.2 Å². The third-order valence-corrected chi connectivity index (χ3v) is 6.33. The molecule has 21 heavy (non-hydrogen) atoms. The van der Waals surface area contributed by atoms with Gasteiger partial charge in [0, 0.05) is 4.88 Å². The summed E-state index contributed by atoms with van der Waals surface area (Å²) in [6.07, 6.45) is 0. The van der Waals surface area contributed by atoms with Gasteiger partial charge in [0.15, 0.2) is 0 Å². The third kappa shape index (κ3) is 3.64. The molecule has 0 aliphatic rings. The van der Waals surface area contributed by atoms with E-state index in [9.17, 15) is 8.42 Å². The van der Waals surface area contributed by atoms with Gasteiger partial charge in [-0.05, 0) is 50.6 Å². The molecule has 0 aliphatic carbocycles. The number of rotatable bonds is 5. The minimum Gasteiger partial charge on any atom is -0.497 e. The Morgan fingerprint density at radius 2 is 1.71 bits per heavy atom. The van der Waals surface area contributed by atoms with Crippen molar-refractivity contribution in [2.45, 2.75) is 30.5 Å². The normalized spacial score (nSPS) is 12.4. The average molecular weight is 325 g/mol. The van der Waals surface area contributed by atoms with Gasteiger partial charge in [-0.25, -0.2) is 13.1 Å². The molecule has 4 nitrogen and oxygen atoms in total. The first kappa shape index (κ1) is 16.0. The van der Waals surface area contributed by atoms with Crippen molar-refractivity contribution in [3.8, 4) is 5.75 Å². The monoisotopic (exact) mass is 325 g/mol. The summed E-state index contributed by atoms with van der Waals surface area (Å²) < 4.78 is 33.1. The molecule has 0 radical (unpaired) electrons. The van der Waals surface area contributed by atoms with E-state index in [4.69, 9.17) is 4.74 Å². The Morgan fingerprint density at radius 3 is 2.19 bits per heavy atom. The van der Waals surface area contributed by atoms with Gasteiger partial charge in [-0.15, -0.1) is 11.3 Å². The van der Waals surface area contributed by atoms with Gasteiger partial charge in [0.05, 0.1) is 12.6 Å². The molecule has 1 aromatic heterocycles. The summed E-state index contributed by atoms with van der Waals surface area (Å²) in [6.45, 7) is 5.57. The summed E-state index contributed by atoms with van der Waals surface area (Å²) in [4.78, 5) is 0.970. The van der Waals surface area contributed by atoms with E-state index in [-0.39, 0.29) is 0 Å². The molecule has 0 fully saturated rings. The number of nitrogens with one attached hydrogen (secondary N) is 1. The Hall–Kier alpha value is -1.37. The molecule has 114 valence electrons. The molecular weight excluding hydrogens is 306 g/mol. The van der Waals surface area contributed by atoms with Crippen LogP contribution < -0.4 is 9.46 Å². The number of aryl methyl sites for hydroxylation is 1. The summed E-state index contributed by atoms with van der Waals surface area (Å²) >= 11 is 1.27. The molecule has 2 aromatic rings. The minimum atomic E-state index is -3.52. The second-order valence-electron chi connectivity index (χ2n) is 5.32. The maximum Gasteiger partial charge on any atom is 0.250 e. The molecule has 1 aromatic carbocycles. The van der Waals surface area contributed by atoms with Crippen LogP contribution in [0.5, 0.6) is 5.75 Å². The lowest BCUT2D eigenvalue weighted by molar-refractivity contribution is 0.413. The Morgan fingerprint density at radius 1 is 1.10 bits per heavy atom. The van der Waals surface area contributed by atoms with Crippen LogP contribution in [0.4, 0.5) is 0 Å². The fraction of sp³-hybridized carbons (Fsp3) is 0.333. The molecule has 2 rings (SSSR count). The number of hydrogen-bond acceptors (Lipinski definition) is 4. The zero-order valence-electron chi connectivity index (χ0n) is 12.5. The molecule has 6 heteroatoms. The predicted molar refractivity (Wildman–Crippen MR) is 85.4 cm³/mol. The van der Waals surface area contributed by atoms with Gasteiger partial charge in [0.1, 0.15) is 9.96 Å². The summed E-state index contributed by atoms with van der Waals surface area (Å²) in [5.74, 6) is 0.742. The average Bonchev–Trinajstić information content (AvgIpc) is 2.85. The Balaban J connectivity index is 2.27. The fourth-order valence-corrected chi connectivity index (χ4v) is 4.69. The SMILES string of the molecule is COc1ccc(C(C)(C)NS(=O)(=O)c2ccc(C)s2)cc1. The van der Waals surface area contributed by atoms with Crippen LogP contribution in [0.1, 0.15) is 24.3 Å². The number of thiophene rings is 1. The lowest BCUT2D eigenvalue weighted by atomic mass is 9.96. The molecule has 1 N–H and O–H groups in total. The van der Waals surface area contributed by atoms with E-state index in [1.807, 2.05) is 45.0 Å². The van der Waals surface area contributed by atoms with E-state index in [2.05, 4.69) is 4.72 Å². The molecule has 0 unspecified atom stereocenters. The van der Waals surface area contributed by atoms with Crippen molar-refractivity contribution < 1.29 is 13.2 Å². The van der Waals surface area contributed by atoms with Crippen molar-refractivity contribution in [2.24, 2.45) is 0 Å². The number of sulfonamides is 1. The van der Waals surface area contributed by atoms with E-state index in [0.29, 0.717) is 4.21 Å². The first-order chi connectivity index (χ1) is 9.74. The highest BCUT2D eigenvalue weighted by atomic mass is 32.2. The summed E-state index contributed by atoms with van der Waals surface area (Å²) in [5.41, 5.74) is 0.170. The number of benzene rings is 1. The van der Waals surface area contributed by atoms with Crippen LogP contribution in [-0.4, -0.2) is 15.5 Å². The van der Waals surface area contributed by atoms with Crippen molar-refractivity contribution in [3.63, 3.8) is 0 Å². The largest absolute Gasteiger partial charge is 0.497 e. The number of ether oxygens (including phenoxy) is 1. The highest BCUT2D eigenvalue weighted by Crippen LogP contribution is 2.27. The van der Waals surface area contributed by atoms with E-state index < -0.39 is 15.6 Å². The van der Waals surface area contributed by atoms with Crippen LogP contribution >= 0.6 is 11.3 Å². The molecule has 0 aliphatic heterocycles. The predicted octanol–water partition coefficient (Wildman–Crippen LogP) is 3.28.